The van der Waals surface area contributed by atoms with Crippen molar-refractivity contribution in [1.82, 2.24) is 19.5 Å². The van der Waals surface area contributed by atoms with Crippen LogP contribution in [-0.2, 0) is 26.1 Å². The molecule has 5 aromatic rings. The zero-order chi connectivity index (χ0) is 28.6. The van der Waals surface area contributed by atoms with Gasteiger partial charge >= 0.3 is 0 Å². The first-order chi connectivity index (χ1) is 20.1. The van der Waals surface area contributed by atoms with Gasteiger partial charge in [0.05, 0.1) is 26.3 Å². The van der Waals surface area contributed by atoms with Gasteiger partial charge in [-0.05, 0) is 65.9 Å². The number of ether oxygens (including phenoxy) is 2. The van der Waals surface area contributed by atoms with Crippen LogP contribution in [0.25, 0.3) is 11.0 Å². The van der Waals surface area contributed by atoms with Gasteiger partial charge in [-0.1, -0.05) is 50.1 Å². The van der Waals surface area contributed by atoms with Crippen molar-refractivity contribution in [2.75, 3.05) is 19.1 Å². The summed E-state index contributed by atoms with van der Waals surface area (Å²) in [6.45, 7) is 3.87. The molecule has 8 heteroatoms. The summed E-state index contributed by atoms with van der Waals surface area (Å²) in [4.78, 5) is 16.3. The molecule has 0 spiro atoms. The van der Waals surface area contributed by atoms with Gasteiger partial charge in [0, 0.05) is 31.2 Å². The lowest BCUT2D eigenvalue weighted by molar-refractivity contribution is 0.409. The van der Waals surface area contributed by atoms with Crippen LogP contribution in [0.2, 0.25) is 0 Å². The Morgan fingerprint density at radius 1 is 0.829 bits per heavy atom. The lowest BCUT2D eigenvalue weighted by Crippen LogP contribution is -2.24. The molecule has 2 aromatic carbocycles. The Labute approximate surface area is 241 Å². The van der Waals surface area contributed by atoms with Gasteiger partial charge in [0.15, 0.2) is 5.82 Å². The fourth-order valence-electron chi connectivity index (χ4n) is 4.99. The molecule has 0 aliphatic carbocycles. The van der Waals surface area contributed by atoms with Crippen molar-refractivity contribution in [3.63, 3.8) is 0 Å². The SMILES string of the molecule is CCCCCc1cc2c(nc(O)n2Cc2cccnc2)c(N(Cc2ccc(OC)cc2)Cc2ccc(OC)cc2)n1. The summed E-state index contributed by atoms with van der Waals surface area (Å²) < 4.78 is 12.6. The lowest BCUT2D eigenvalue weighted by Gasteiger charge is -2.25. The number of hydrogen-bond donors (Lipinski definition) is 1. The molecule has 0 atom stereocenters. The van der Waals surface area contributed by atoms with Crippen LogP contribution in [0.5, 0.6) is 17.5 Å². The summed E-state index contributed by atoms with van der Waals surface area (Å²) in [7, 11) is 3.34. The van der Waals surface area contributed by atoms with Crippen LogP contribution < -0.4 is 14.4 Å². The number of imidazole rings is 1. The summed E-state index contributed by atoms with van der Waals surface area (Å²) in [6, 6.07) is 22.1. The quantitative estimate of drug-likeness (QED) is 0.166. The van der Waals surface area contributed by atoms with Crippen LogP contribution in [0.1, 0.15) is 48.6 Å². The van der Waals surface area contributed by atoms with Crippen molar-refractivity contribution in [3.05, 3.63) is 102 Å². The molecular formula is C33H37N5O3. The molecule has 0 bridgehead atoms. The minimum atomic E-state index is -0.0357. The van der Waals surface area contributed by atoms with Gasteiger partial charge in [0.1, 0.15) is 17.0 Å². The number of methoxy groups -OCH3 is 2. The highest BCUT2D eigenvalue weighted by molar-refractivity contribution is 5.88. The fraction of sp³-hybridized carbons (Fsp3) is 0.303. The molecule has 8 nitrogen and oxygen atoms in total. The molecule has 3 aromatic heterocycles. The lowest BCUT2D eigenvalue weighted by atomic mass is 10.1. The number of rotatable bonds is 13. The first kappa shape index (κ1) is 28.0. The standard InChI is InChI=1S/C33H37N5O3/c1-4-5-6-9-27-19-30-31(36-33(39)38(30)23-26-8-7-18-34-20-26)32(35-27)37(21-24-10-14-28(40-2)15-11-24)22-25-12-16-29(41-3)17-13-25/h7-8,10-20H,4-6,9,21-23H2,1-3H3,(H,36,39). The maximum absolute atomic E-state index is 11.1. The topological polar surface area (TPSA) is 85.5 Å². The van der Waals surface area contributed by atoms with Gasteiger partial charge in [0.2, 0.25) is 0 Å². The van der Waals surface area contributed by atoms with Crippen molar-refractivity contribution in [2.45, 2.75) is 52.2 Å². The number of aromatic nitrogens is 4. The molecule has 0 saturated carbocycles. The Morgan fingerprint density at radius 3 is 2.05 bits per heavy atom. The Hall–Kier alpha value is -4.59. The molecule has 0 radical (unpaired) electrons. The van der Waals surface area contributed by atoms with Crippen LogP contribution in [0.3, 0.4) is 0 Å². The van der Waals surface area contributed by atoms with Crippen molar-refractivity contribution in [2.24, 2.45) is 0 Å². The van der Waals surface area contributed by atoms with Crippen LogP contribution in [0, 0.1) is 0 Å². The van der Waals surface area contributed by atoms with E-state index in [1.165, 1.54) is 0 Å². The average Bonchev–Trinajstić information content (AvgIpc) is 3.32. The predicted molar refractivity (Wildman–Crippen MR) is 162 cm³/mol. The van der Waals surface area contributed by atoms with Gasteiger partial charge in [0.25, 0.3) is 6.01 Å². The normalized spacial score (nSPS) is 11.1. The first-order valence-corrected chi connectivity index (χ1v) is 14.1. The third kappa shape index (κ3) is 6.77. The van der Waals surface area contributed by atoms with E-state index in [0.29, 0.717) is 25.2 Å². The molecule has 0 aliphatic rings. The van der Waals surface area contributed by atoms with Gasteiger partial charge in [-0.2, -0.15) is 4.98 Å². The molecule has 212 valence electrons. The van der Waals surface area contributed by atoms with Crippen molar-refractivity contribution >= 4 is 16.9 Å². The van der Waals surface area contributed by atoms with Crippen molar-refractivity contribution in [3.8, 4) is 17.5 Å². The van der Waals surface area contributed by atoms with E-state index in [-0.39, 0.29) is 6.01 Å². The monoisotopic (exact) mass is 551 g/mol. The molecule has 0 saturated heterocycles. The van der Waals surface area contributed by atoms with Crippen molar-refractivity contribution in [1.29, 1.82) is 0 Å². The summed E-state index contributed by atoms with van der Waals surface area (Å²) in [5.74, 6) is 2.38. The fourth-order valence-corrected chi connectivity index (χ4v) is 4.99. The highest BCUT2D eigenvalue weighted by Crippen LogP contribution is 2.32. The molecule has 5 rings (SSSR count). The second-order valence-electron chi connectivity index (χ2n) is 10.2. The number of nitrogens with zero attached hydrogens (tertiary/aromatic N) is 5. The molecule has 0 fully saturated rings. The third-order valence-corrected chi connectivity index (χ3v) is 7.22. The molecule has 3 heterocycles. The number of aromatic hydroxyl groups is 1. The van der Waals surface area contributed by atoms with Crippen molar-refractivity contribution < 1.29 is 14.6 Å². The zero-order valence-electron chi connectivity index (χ0n) is 24.0. The predicted octanol–water partition coefficient (Wildman–Crippen LogP) is 6.54. The highest BCUT2D eigenvalue weighted by Gasteiger charge is 2.21. The summed E-state index contributed by atoms with van der Waals surface area (Å²) >= 11 is 0. The van der Waals surface area contributed by atoms with Gasteiger partial charge in [-0.25, -0.2) is 4.98 Å². The number of benzene rings is 2. The van der Waals surface area contributed by atoms with Crippen LogP contribution in [-0.4, -0.2) is 38.8 Å². The Morgan fingerprint density at radius 2 is 1.49 bits per heavy atom. The Kier molecular flexibility index (Phi) is 8.98. The maximum atomic E-state index is 11.1. The second kappa shape index (κ2) is 13.2. The summed E-state index contributed by atoms with van der Waals surface area (Å²) in [6.07, 6.45) is 7.74. The zero-order valence-corrected chi connectivity index (χ0v) is 24.0. The number of fused-ring (bicyclic) bond motifs is 1. The molecular weight excluding hydrogens is 514 g/mol. The van der Waals surface area contributed by atoms with E-state index in [1.54, 1.807) is 20.4 Å². The summed E-state index contributed by atoms with van der Waals surface area (Å²) in [5.41, 5.74) is 5.74. The van der Waals surface area contributed by atoms with E-state index in [4.69, 9.17) is 14.5 Å². The van der Waals surface area contributed by atoms with Gasteiger partial charge < -0.3 is 19.5 Å². The molecule has 41 heavy (non-hydrogen) atoms. The van der Waals surface area contributed by atoms with E-state index >= 15 is 0 Å². The highest BCUT2D eigenvalue weighted by atomic mass is 16.5. The maximum Gasteiger partial charge on any atom is 0.295 e. The smallest absolute Gasteiger partial charge is 0.295 e. The minimum Gasteiger partial charge on any atom is -0.497 e. The molecule has 0 unspecified atom stereocenters. The third-order valence-electron chi connectivity index (χ3n) is 7.22. The molecule has 0 amide bonds. The Balaban J connectivity index is 1.61. The first-order valence-electron chi connectivity index (χ1n) is 14.1. The second-order valence-corrected chi connectivity index (χ2v) is 10.2. The number of unbranched alkanes of at least 4 members (excludes halogenated alkanes) is 2. The number of hydrogen-bond acceptors (Lipinski definition) is 7. The van der Waals surface area contributed by atoms with Crippen LogP contribution >= 0.6 is 0 Å². The average molecular weight is 552 g/mol. The van der Waals surface area contributed by atoms with Crippen LogP contribution in [0.15, 0.2) is 79.1 Å². The number of pyridine rings is 2. The van der Waals surface area contributed by atoms with E-state index in [9.17, 15) is 5.11 Å². The van der Waals surface area contributed by atoms with Gasteiger partial charge in [-0.3, -0.25) is 9.55 Å². The van der Waals surface area contributed by atoms with E-state index in [0.717, 1.165) is 70.9 Å². The largest absolute Gasteiger partial charge is 0.497 e. The summed E-state index contributed by atoms with van der Waals surface area (Å²) in [5, 5.41) is 11.1. The van der Waals surface area contributed by atoms with E-state index in [2.05, 4.69) is 52.1 Å². The Bertz CT molecular complexity index is 1500. The molecule has 0 aliphatic heterocycles. The molecule has 1 N–H and O–H groups in total. The van der Waals surface area contributed by atoms with Gasteiger partial charge in [-0.15, -0.1) is 0 Å². The van der Waals surface area contributed by atoms with Crippen LogP contribution in [0.4, 0.5) is 5.82 Å². The van der Waals surface area contributed by atoms with E-state index < -0.39 is 0 Å². The number of anilines is 1. The number of aryl methyl sites for hydroxylation is 1. The van der Waals surface area contributed by atoms with E-state index in [1.807, 2.05) is 47.2 Å². The minimum absolute atomic E-state index is 0.0357.